The minimum Gasteiger partial charge on any atom is -0.466 e. The maximum Gasteiger partial charge on any atom is 0.310 e. The number of carbonyl (C=O) groups excluding carboxylic acids is 3. The summed E-state index contributed by atoms with van der Waals surface area (Å²) in [7, 11) is 0. The molecule has 96 valence electrons. The Labute approximate surface area is 100 Å². The van der Waals surface area contributed by atoms with E-state index >= 15 is 0 Å². The van der Waals surface area contributed by atoms with Crippen molar-refractivity contribution in [2.45, 2.75) is 33.1 Å². The Morgan fingerprint density at radius 1 is 1.12 bits per heavy atom. The maximum atomic E-state index is 11.7. The van der Waals surface area contributed by atoms with E-state index in [0.717, 1.165) is 0 Å². The summed E-state index contributed by atoms with van der Waals surface area (Å²) in [6.07, 6.45) is 0.794. The van der Waals surface area contributed by atoms with Crippen LogP contribution >= 0.6 is 0 Å². The highest BCUT2D eigenvalue weighted by atomic mass is 16.5. The third kappa shape index (κ3) is 3.54. The standard InChI is InChI=1S/C12H18O5/c1-3-16-11(14)9-6-5-8(13)7-10(9)12(15)17-4-2/h9-10H,3-7H2,1-2H3. The Morgan fingerprint density at radius 3 is 2.18 bits per heavy atom. The van der Waals surface area contributed by atoms with Gasteiger partial charge in [-0.05, 0) is 20.3 Å². The van der Waals surface area contributed by atoms with E-state index in [2.05, 4.69) is 0 Å². The van der Waals surface area contributed by atoms with E-state index in [1.807, 2.05) is 0 Å². The van der Waals surface area contributed by atoms with Gasteiger partial charge in [-0.1, -0.05) is 0 Å². The minimum atomic E-state index is -0.671. The van der Waals surface area contributed by atoms with Gasteiger partial charge in [0.1, 0.15) is 5.78 Å². The molecule has 17 heavy (non-hydrogen) atoms. The van der Waals surface area contributed by atoms with Gasteiger partial charge < -0.3 is 9.47 Å². The second kappa shape index (κ2) is 6.37. The molecule has 0 heterocycles. The molecule has 0 radical (unpaired) electrons. The first-order valence-electron chi connectivity index (χ1n) is 5.95. The Morgan fingerprint density at radius 2 is 1.65 bits per heavy atom. The third-order valence-corrected chi connectivity index (χ3v) is 2.85. The fraction of sp³-hybridized carbons (Fsp3) is 0.750. The van der Waals surface area contributed by atoms with Crippen LogP contribution < -0.4 is 0 Å². The molecule has 0 spiro atoms. The van der Waals surface area contributed by atoms with Crippen molar-refractivity contribution >= 4 is 17.7 Å². The summed E-state index contributed by atoms with van der Waals surface area (Å²) in [6, 6.07) is 0. The molecule has 1 rings (SSSR count). The Balaban J connectivity index is 2.74. The van der Waals surface area contributed by atoms with Crippen LogP contribution in [0.5, 0.6) is 0 Å². The van der Waals surface area contributed by atoms with E-state index in [4.69, 9.17) is 9.47 Å². The minimum absolute atomic E-state index is 0.00333. The number of hydrogen-bond donors (Lipinski definition) is 0. The molecule has 0 aromatic heterocycles. The number of ether oxygens (including phenoxy) is 2. The van der Waals surface area contributed by atoms with E-state index in [1.54, 1.807) is 13.8 Å². The van der Waals surface area contributed by atoms with Crippen molar-refractivity contribution in [3.05, 3.63) is 0 Å². The zero-order valence-corrected chi connectivity index (χ0v) is 10.2. The molecular formula is C12H18O5. The normalized spacial score (nSPS) is 24.2. The highest BCUT2D eigenvalue weighted by Gasteiger charge is 2.40. The SMILES string of the molecule is CCOC(=O)C1CCC(=O)CC1C(=O)OCC. The molecule has 1 aliphatic rings. The van der Waals surface area contributed by atoms with Gasteiger partial charge in [0.25, 0.3) is 0 Å². The topological polar surface area (TPSA) is 69.7 Å². The Bertz CT molecular complexity index is 310. The first-order chi connectivity index (χ1) is 8.10. The second-order valence-electron chi connectivity index (χ2n) is 4.00. The molecule has 1 fully saturated rings. The van der Waals surface area contributed by atoms with Gasteiger partial charge in [0.2, 0.25) is 0 Å². The quantitative estimate of drug-likeness (QED) is 0.690. The van der Waals surface area contributed by atoms with Crippen molar-refractivity contribution in [1.29, 1.82) is 0 Å². The van der Waals surface area contributed by atoms with Gasteiger partial charge in [-0.15, -0.1) is 0 Å². The molecule has 5 heteroatoms. The van der Waals surface area contributed by atoms with Gasteiger partial charge in [0.15, 0.2) is 0 Å². The lowest BCUT2D eigenvalue weighted by Crippen LogP contribution is -2.37. The highest BCUT2D eigenvalue weighted by Crippen LogP contribution is 2.30. The van der Waals surface area contributed by atoms with Gasteiger partial charge in [-0.3, -0.25) is 14.4 Å². The van der Waals surface area contributed by atoms with Crippen molar-refractivity contribution < 1.29 is 23.9 Å². The number of Topliss-reactive ketones (excluding diaryl/α,β-unsaturated/α-hetero) is 1. The summed E-state index contributed by atoms with van der Waals surface area (Å²) in [5.41, 5.74) is 0. The molecule has 0 aromatic rings. The first kappa shape index (κ1) is 13.7. The number of ketones is 1. The van der Waals surface area contributed by atoms with Crippen molar-refractivity contribution in [3.63, 3.8) is 0 Å². The fourth-order valence-corrected chi connectivity index (χ4v) is 2.04. The van der Waals surface area contributed by atoms with Crippen molar-refractivity contribution in [2.24, 2.45) is 11.8 Å². The zero-order valence-electron chi connectivity index (χ0n) is 10.2. The molecule has 0 aromatic carbocycles. The third-order valence-electron chi connectivity index (χ3n) is 2.85. The van der Waals surface area contributed by atoms with Gasteiger partial charge in [-0.25, -0.2) is 0 Å². The van der Waals surface area contributed by atoms with E-state index in [-0.39, 0.29) is 25.4 Å². The van der Waals surface area contributed by atoms with Gasteiger partial charge in [0, 0.05) is 12.8 Å². The number of carbonyl (C=O) groups is 3. The van der Waals surface area contributed by atoms with Gasteiger partial charge in [0.05, 0.1) is 25.0 Å². The summed E-state index contributed by atoms with van der Waals surface area (Å²) < 4.78 is 9.81. The lowest BCUT2D eigenvalue weighted by molar-refractivity contribution is -0.163. The van der Waals surface area contributed by atoms with Crippen LogP contribution in [0.4, 0.5) is 0 Å². The molecule has 0 bridgehead atoms. The molecule has 0 N–H and O–H groups in total. The summed E-state index contributed by atoms with van der Waals surface area (Å²) in [5, 5.41) is 0. The Hall–Kier alpha value is -1.39. The van der Waals surface area contributed by atoms with Crippen LogP contribution in [0.2, 0.25) is 0 Å². The van der Waals surface area contributed by atoms with Crippen LogP contribution in [0.25, 0.3) is 0 Å². The van der Waals surface area contributed by atoms with E-state index < -0.39 is 23.8 Å². The molecule has 2 unspecified atom stereocenters. The van der Waals surface area contributed by atoms with Crippen LogP contribution in [0.3, 0.4) is 0 Å². The van der Waals surface area contributed by atoms with Gasteiger partial charge >= 0.3 is 11.9 Å². The van der Waals surface area contributed by atoms with Crippen LogP contribution in [-0.2, 0) is 23.9 Å². The molecular weight excluding hydrogens is 224 g/mol. The molecule has 2 atom stereocenters. The zero-order chi connectivity index (χ0) is 12.8. The van der Waals surface area contributed by atoms with Crippen molar-refractivity contribution in [3.8, 4) is 0 Å². The molecule has 0 saturated heterocycles. The number of rotatable bonds is 4. The predicted octanol–water partition coefficient (Wildman–Crippen LogP) is 1.10. The first-order valence-corrected chi connectivity index (χ1v) is 5.95. The summed E-state index contributed by atoms with van der Waals surface area (Å²) >= 11 is 0. The smallest absolute Gasteiger partial charge is 0.310 e. The van der Waals surface area contributed by atoms with Crippen molar-refractivity contribution in [1.82, 2.24) is 0 Å². The fourth-order valence-electron chi connectivity index (χ4n) is 2.04. The van der Waals surface area contributed by atoms with E-state index in [0.29, 0.717) is 12.8 Å². The predicted molar refractivity (Wildman–Crippen MR) is 59.1 cm³/mol. The van der Waals surface area contributed by atoms with Crippen molar-refractivity contribution in [2.75, 3.05) is 13.2 Å². The van der Waals surface area contributed by atoms with Crippen LogP contribution in [0.15, 0.2) is 0 Å². The number of esters is 2. The lowest BCUT2D eigenvalue weighted by Gasteiger charge is -2.27. The summed E-state index contributed by atoms with van der Waals surface area (Å²) in [5.74, 6) is -2.08. The largest absolute Gasteiger partial charge is 0.466 e. The lowest BCUT2D eigenvalue weighted by atomic mass is 9.78. The average molecular weight is 242 g/mol. The number of hydrogen-bond acceptors (Lipinski definition) is 5. The maximum absolute atomic E-state index is 11.7. The van der Waals surface area contributed by atoms with Gasteiger partial charge in [-0.2, -0.15) is 0 Å². The van der Waals surface area contributed by atoms with Crippen LogP contribution in [0, 0.1) is 11.8 Å². The average Bonchev–Trinajstić information content (AvgIpc) is 2.29. The summed E-state index contributed by atoms with van der Waals surface area (Å²) in [4.78, 5) is 34.7. The Kier molecular flexibility index (Phi) is 5.12. The molecule has 1 saturated carbocycles. The second-order valence-corrected chi connectivity index (χ2v) is 4.00. The van der Waals surface area contributed by atoms with Crippen LogP contribution in [0.1, 0.15) is 33.1 Å². The highest BCUT2D eigenvalue weighted by molar-refractivity contribution is 5.90. The molecule has 5 nitrogen and oxygen atoms in total. The molecule has 0 amide bonds. The van der Waals surface area contributed by atoms with E-state index in [1.165, 1.54) is 0 Å². The van der Waals surface area contributed by atoms with E-state index in [9.17, 15) is 14.4 Å². The molecule has 1 aliphatic carbocycles. The monoisotopic (exact) mass is 242 g/mol. The van der Waals surface area contributed by atoms with Crippen LogP contribution in [-0.4, -0.2) is 30.9 Å². The molecule has 0 aliphatic heterocycles. The summed E-state index contributed by atoms with van der Waals surface area (Å²) in [6.45, 7) is 3.94.